The minimum absolute atomic E-state index is 0.0759. The second-order valence-corrected chi connectivity index (χ2v) is 6.11. The molecule has 0 aromatic heterocycles. The number of nitro groups is 1. The van der Waals surface area contributed by atoms with Crippen molar-refractivity contribution in [3.8, 4) is 0 Å². The van der Waals surface area contributed by atoms with Crippen LogP contribution in [0.15, 0.2) is 24.3 Å². The first-order valence-corrected chi connectivity index (χ1v) is 6.91. The molecule has 108 valence electrons. The Kier molecular flexibility index (Phi) is 3.99. The second-order valence-electron chi connectivity index (χ2n) is 5.70. The van der Waals surface area contributed by atoms with Gasteiger partial charge in [-0.05, 0) is 18.6 Å². The van der Waals surface area contributed by atoms with Gasteiger partial charge in [-0.25, -0.2) is 0 Å². The van der Waals surface area contributed by atoms with Gasteiger partial charge in [0.1, 0.15) is 0 Å². The van der Waals surface area contributed by atoms with Crippen molar-refractivity contribution in [3.05, 3.63) is 39.4 Å². The average molecular weight is 297 g/mol. The zero-order chi connectivity index (χ0) is 14.9. The third-order valence-corrected chi connectivity index (χ3v) is 4.02. The fourth-order valence-electron chi connectivity index (χ4n) is 2.52. The third kappa shape index (κ3) is 2.77. The number of amides is 1. The number of benzene rings is 1. The molecule has 2 rings (SSSR count). The van der Waals surface area contributed by atoms with E-state index in [0.717, 1.165) is 0 Å². The first kappa shape index (κ1) is 14.8. The molecule has 1 amide bonds. The van der Waals surface area contributed by atoms with Gasteiger partial charge in [0.2, 0.25) is 11.4 Å². The topological polar surface area (TPSA) is 63.5 Å². The van der Waals surface area contributed by atoms with Crippen molar-refractivity contribution < 1.29 is 9.72 Å². The van der Waals surface area contributed by atoms with Gasteiger partial charge in [0.05, 0.1) is 10.7 Å². The van der Waals surface area contributed by atoms with Gasteiger partial charge in [-0.1, -0.05) is 23.7 Å². The normalized spacial score (nSPS) is 19.4. The molecule has 0 radical (unpaired) electrons. The van der Waals surface area contributed by atoms with Crippen LogP contribution < -0.4 is 4.90 Å². The van der Waals surface area contributed by atoms with Crippen molar-refractivity contribution in [1.29, 1.82) is 0 Å². The van der Waals surface area contributed by atoms with E-state index >= 15 is 0 Å². The van der Waals surface area contributed by atoms with E-state index in [2.05, 4.69) is 0 Å². The van der Waals surface area contributed by atoms with Crippen LogP contribution in [0.25, 0.3) is 0 Å². The molecule has 0 bridgehead atoms. The highest BCUT2D eigenvalue weighted by molar-refractivity contribution is 6.33. The van der Waals surface area contributed by atoms with Gasteiger partial charge in [-0.15, -0.1) is 0 Å². The number of rotatable bonds is 4. The van der Waals surface area contributed by atoms with E-state index in [1.807, 2.05) is 6.07 Å². The van der Waals surface area contributed by atoms with E-state index in [9.17, 15) is 14.9 Å². The minimum Gasteiger partial charge on any atom is -0.311 e. The van der Waals surface area contributed by atoms with E-state index in [1.165, 1.54) is 0 Å². The van der Waals surface area contributed by atoms with Crippen LogP contribution in [-0.4, -0.2) is 22.9 Å². The lowest BCUT2D eigenvalue weighted by Gasteiger charge is -2.21. The molecule has 1 unspecified atom stereocenters. The monoisotopic (exact) mass is 296 g/mol. The first-order chi connectivity index (χ1) is 9.33. The maximum absolute atomic E-state index is 12.4. The van der Waals surface area contributed by atoms with E-state index in [4.69, 9.17) is 11.6 Å². The molecule has 0 saturated carbocycles. The van der Waals surface area contributed by atoms with Gasteiger partial charge in [0.25, 0.3) is 0 Å². The molecule has 1 heterocycles. The smallest absolute Gasteiger partial charge is 0.230 e. The molecule has 1 aromatic rings. The van der Waals surface area contributed by atoms with Crippen LogP contribution in [-0.2, 0) is 4.79 Å². The summed E-state index contributed by atoms with van der Waals surface area (Å²) in [6, 6.07) is 7.15. The molecule has 1 aliphatic heterocycles. The molecule has 0 aliphatic carbocycles. The number of carbonyl (C=O) groups is 1. The highest BCUT2D eigenvalue weighted by atomic mass is 35.5. The molecule has 1 fully saturated rings. The summed E-state index contributed by atoms with van der Waals surface area (Å²) in [6.45, 7) is 3.66. The Morgan fingerprint density at radius 2 is 2.10 bits per heavy atom. The Morgan fingerprint density at radius 1 is 1.45 bits per heavy atom. The fourth-order valence-corrected chi connectivity index (χ4v) is 2.75. The molecule has 20 heavy (non-hydrogen) atoms. The molecular formula is C14H17ClN2O3. The van der Waals surface area contributed by atoms with Crippen LogP contribution >= 0.6 is 11.6 Å². The van der Waals surface area contributed by atoms with Crippen molar-refractivity contribution in [3.63, 3.8) is 0 Å². The molecule has 1 aromatic carbocycles. The van der Waals surface area contributed by atoms with E-state index in [1.54, 1.807) is 36.9 Å². The average Bonchev–Trinajstić information content (AvgIpc) is 2.71. The molecule has 1 aliphatic rings. The lowest BCUT2D eigenvalue weighted by molar-refractivity contribution is -0.562. The molecule has 6 heteroatoms. The Labute approximate surface area is 122 Å². The fraction of sp³-hybridized carbons (Fsp3) is 0.500. The second kappa shape index (κ2) is 5.40. The van der Waals surface area contributed by atoms with Crippen molar-refractivity contribution >= 4 is 23.2 Å². The van der Waals surface area contributed by atoms with Crippen LogP contribution in [0.5, 0.6) is 0 Å². The molecule has 1 atom stereocenters. The summed E-state index contributed by atoms with van der Waals surface area (Å²) in [5.41, 5.74) is -0.405. The summed E-state index contributed by atoms with van der Waals surface area (Å²) in [5, 5.41) is 11.5. The van der Waals surface area contributed by atoms with E-state index < -0.39 is 5.54 Å². The zero-order valence-electron chi connectivity index (χ0n) is 11.5. The molecule has 0 spiro atoms. The quantitative estimate of drug-likeness (QED) is 0.633. The summed E-state index contributed by atoms with van der Waals surface area (Å²) in [4.78, 5) is 24.7. The Balaban J connectivity index is 2.15. The third-order valence-electron chi connectivity index (χ3n) is 3.70. The molecule has 1 saturated heterocycles. The van der Waals surface area contributed by atoms with E-state index in [-0.39, 0.29) is 23.2 Å². The predicted octanol–water partition coefficient (Wildman–Crippen LogP) is 3.14. The maximum atomic E-state index is 12.4. The number of hydrogen-bond donors (Lipinski definition) is 0. The van der Waals surface area contributed by atoms with Gasteiger partial charge in [0.15, 0.2) is 0 Å². The summed E-state index contributed by atoms with van der Waals surface area (Å²) in [5.74, 6) is -0.389. The van der Waals surface area contributed by atoms with E-state index in [0.29, 0.717) is 23.7 Å². The molecular weight excluding hydrogens is 280 g/mol. The summed E-state index contributed by atoms with van der Waals surface area (Å²) >= 11 is 6.10. The number of halogens is 1. The highest BCUT2D eigenvalue weighted by Gasteiger charge is 2.41. The Bertz CT molecular complexity index is 545. The van der Waals surface area contributed by atoms with Crippen LogP contribution in [0.2, 0.25) is 5.02 Å². The lowest BCUT2D eigenvalue weighted by atomic mass is 9.90. The Morgan fingerprint density at radius 3 is 2.70 bits per heavy atom. The number of nitrogens with zero attached hydrogens (tertiary/aromatic N) is 2. The van der Waals surface area contributed by atoms with Gasteiger partial charge in [0, 0.05) is 37.7 Å². The summed E-state index contributed by atoms with van der Waals surface area (Å²) in [7, 11) is 0. The highest BCUT2D eigenvalue weighted by Crippen LogP contribution is 2.34. The van der Waals surface area contributed by atoms with Gasteiger partial charge < -0.3 is 4.90 Å². The number of para-hydroxylation sites is 1. The molecule has 0 N–H and O–H groups in total. The summed E-state index contributed by atoms with van der Waals surface area (Å²) in [6.07, 6.45) is 0.876. The van der Waals surface area contributed by atoms with Crippen molar-refractivity contribution in [1.82, 2.24) is 0 Å². The number of carbonyl (C=O) groups excluding carboxylic acids is 1. The van der Waals surface area contributed by atoms with Crippen LogP contribution in [0, 0.1) is 16.0 Å². The van der Waals surface area contributed by atoms with Crippen LogP contribution in [0.4, 0.5) is 5.69 Å². The SMILES string of the molecule is CC(C)(CC1CCN(c2ccccc2Cl)C1=O)[N+](=O)[O-]. The molecule has 5 nitrogen and oxygen atoms in total. The van der Waals surface area contributed by atoms with Crippen molar-refractivity contribution in [2.75, 3.05) is 11.4 Å². The predicted molar refractivity (Wildman–Crippen MR) is 77.6 cm³/mol. The maximum Gasteiger partial charge on any atom is 0.230 e. The van der Waals surface area contributed by atoms with Gasteiger partial charge in [-0.2, -0.15) is 0 Å². The number of anilines is 1. The van der Waals surface area contributed by atoms with Gasteiger partial charge in [-0.3, -0.25) is 14.9 Å². The van der Waals surface area contributed by atoms with Crippen molar-refractivity contribution in [2.24, 2.45) is 5.92 Å². The van der Waals surface area contributed by atoms with Crippen LogP contribution in [0.1, 0.15) is 26.7 Å². The largest absolute Gasteiger partial charge is 0.311 e. The van der Waals surface area contributed by atoms with Gasteiger partial charge >= 0.3 is 0 Å². The summed E-state index contributed by atoms with van der Waals surface area (Å²) < 4.78 is 0. The first-order valence-electron chi connectivity index (χ1n) is 6.53. The standard InChI is InChI=1S/C14H17ClN2O3/c1-14(2,17(19)20)9-10-7-8-16(13(10)18)12-6-4-3-5-11(12)15/h3-6,10H,7-9H2,1-2H3. The minimum atomic E-state index is -1.09. The van der Waals surface area contributed by atoms with Crippen molar-refractivity contribution in [2.45, 2.75) is 32.2 Å². The zero-order valence-corrected chi connectivity index (χ0v) is 12.3. The number of hydrogen-bond acceptors (Lipinski definition) is 3. The Hall–Kier alpha value is -1.62. The van der Waals surface area contributed by atoms with Crippen LogP contribution in [0.3, 0.4) is 0 Å². The lowest BCUT2D eigenvalue weighted by Crippen LogP contribution is -2.36.